The van der Waals surface area contributed by atoms with Crippen LogP contribution in [0.4, 0.5) is 13.2 Å². The van der Waals surface area contributed by atoms with Gasteiger partial charge in [0.15, 0.2) is 5.76 Å². The number of hydrogen-bond donors (Lipinski definition) is 0. The quantitative estimate of drug-likeness (QED) is 0.435. The molecule has 0 atom stereocenters. The van der Waals surface area contributed by atoms with Crippen LogP contribution in [-0.4, -0.2) is 37.1 Å². The Kier molecular flexibility index (Phi) is 5.49. The van der Waals surface area contributed by atoms with E-state index in [0.717, 1.165) is 4.57 Å². The van der Waals surface area contributed by atoms with Gasteiger partial charge in [-0.15, -0.1) is 10.2 Å². The predicted octanol–water partition coefficient (Wildman–Crippen LogP) is 4.14. The zero-order valence-electron chi connectivity index (χ0n) is 16.5. The Labute approximate surface area is 174 Å². The third kappa shape index (κ3) is 4.30. The summed E-state index contributed by atoms with van der Waals surface area (Å²) in [7, 11) is 0. The number of fused-ring (bicyclic) bond motifs is 1. The van der Waals surface area contributed by atoms with Crippen molar-refractivity contribution in [2.24, 2.45) is 0 Å². The van der Waals surface area contributed by atoms with Crippen LogP contribution in [0.25, 0.3) is 22.7 Å². The molecular weight excluding hydrogens is 415 g/mol. The van der Waals surface area contributed by atoms with Crippen LogP contribution in [0.5, 0.6) is 0 Å². The number of carbonyl (C=O) groups is 1. The molecule has 0 saturated carbocycles. The van der Waals surface area contributed by atoms with Crippen LogP contribution in [0.1, 0.15) is 25.1 Å². The van der Waals surface area contributed by atoms with Gasteiger partial charge in [0.1, 0.15) is 6.54 Å². The molecule has 0 aliphatic rings. The summed E-state index contributed by atoms with van der Waals surface area (Å²) < 4.78 is 52.2. The fraction of sp³-hybridized carbons (Fsp3) is 0.300. The SMILES string of the molecule is CCCN(Cc1nnc(-c2ccco2)o1)C(=O)Cn1c(C(F)(F)F)nc2ccccc21. The molecule has 8 nitrogen and oxygen atoms in total. The van der Waals surface area contributed by atoms with Gasteiger partial charge in [0.2, 0.25) is 17.6 Å². The minimum absolute atomic E-state index is 0.0334. The van der Waals surface area contributed by atoms with Crippen molar-refractivity contribution in [2.45, 2.75) is 32.6 Å². The number of rotatable bonds is 7. The van der Waals surface area contributed by atoms with Crippen molar-refractivity contribution in [3.63, 3.8) is 0 Å². The maximum absolute atomic E-state index is 13.5. The van der Waals surface area contributed by atoms with E-state index in [1.807, 2.05) is 6.92 Å². The summed E-state index contributed by atoms with van der Waals surface area (Å²) in [5.74, 6) is -0.944. The lowest BCUT2D eigenvalue weighted by atomic mass is 10.3. The highest BCUT2D eigenvalue weighted by Crippen LogP contribution is 2.31. The summed E-state index contributed by atoms with van der Waals surface area (Å²) in [6, 6.07) is 9.49. The topological polar surface area (TPSA) is 90.2 Å². The van der Waals surface area contributed by atoms with Gasteiger partial charge in [0.05, 0.1) is 23.8 Å². The fourth-order valence-corrected chi connectivity index (χ4v) is 3.23. The van der Waals surface area contributed by atoms with Crippen molar-refractivity contribution < 1.29 is 26.8 Å². The molecule has 31 heavy (non-hydrogen) atoms. The molecule has 0 spiro atoms. The molecule has 4 rings (SSSR count). The van der Waals surface area contributed by atoms with Gasteiger partial charge in [0.25, 0.3) is 5.89 Å². The van der Waals surface area contributed by atoms with Crippen LogP contribution in [-0.2, 0) is 24.1 Å². The van der Waals surface area contributed by atoms with Crippen LogP contribution in [0.3, 0.4) is 0 Å². The molecule has 0 aliphatic carbocycles. The van der Waals surface area contributed by atoms with Gasteiger partial charge in [-0.3, -0.25) is 4.79 Å². The molecule has 1 amide bonds. The largest absolute Gasteiger partial charge is 0.459 e. The van der Waals surface area contributed by atoms with Gasteiger partial charge in [0, 0.05) is 6.54 Å². The zero-order valence-corrected chi connectivity index (χ0v) is 16.5. The van der Waals surface area contributed by atoms with Crippen molar-refractivity contribution in [3.05, 3.63) is 54.4 Å². The first-order valence-electron chi connectivity index (χ1n) is 9.53. The Morgan fingerprint density at radius 3 is 2.68 bits per heavy atom. The Balaban J connectivity index is 1.59. The minimum atomic E-state index is -4.70. The van der Waals surface area contributed by atoms with E-state index < -0.39 is 24.5 Å². The maximum Gasteiger partial charge on any atom is 0.449 e. The molecule has 0 saturated heterocycles. The maximum atomic E-state index is 13.5. The molecule has 162 valence electrons. The highest BCUT2D eigenvalue weighted by Gasteiger charge is 2.38. The number of amides is 1. The number of nitrogens with zero attached hydrogens (tertiary/aromatic N) is 5. The standard InChI is InChI=1S/C20H18F3N5O3/c1-2-9-27(11-16-25-26-18(31-16)15-8-5-10-30-15)17(29)12-28-14-7-4-3-6-13(14)24-19(28)20(21,22)23/h3-8,10H,2,9,11-12H2,1H3. The van der Waals surface area contributed by atoms with E-state index >= 15 is 0 Å². The van der Waals surface area contributed by atoms with Crippen molar-refractivity contribution >= 4 is 16.9 Å². The molecule has 4 aromatic rings. The third-order valence-corrected chi connectivity index (χ3v) is 4.57. The summed E-state index contributed by atoms with van der Waals surface area (Å²) in [5, 5.41) is 7.79. The van der Waals surface area contributed by atoms with E-state index in [-0.39, 0.29) is 29.4 Å². The Hall–Kier alpha value is -3.63. The normalized spacial score (nSPS) is 11.9. The number of aromatic nitrogens is 4. The number of para-hydroxylation sites is 2. The van der Waals surface area contributed by atoms with Gasteiger partial charge >= 0.3 is 6.18 Å². The lowest BCUT2D eigenvalue weighted by molar-refractivity contribution is -0.148. The van der Waals surface area contributed by atoms with Crippen molar-refractivity contribution in [2.75, 3.05) is 6.54 Å². The molecule has 0 radical (unpaired) electrons. The first kappa shape index (κ1) is 20.6. The van der Waals surface area contributed by atoms with E-state index in [1.54, 1.807) is 24.3 Å². The first-order chi connectivity index (χ1) is 14.9. The molecule has 3 aromatic heterocycles. The second kappa shape index (κ2) is 8.25. The highest BCUT2D eigenvalue weighted by molar-refractivity contribution is 5.81. The van der Waals surface area contributed by atoms with Gasteiger partial charge in [-0.1, -0.05) is 19.1 Å². The second-order valence-electron chi connectivity index (χ2n) is 6.80. The zero-order chi connectivity index (χ0) is 22.0. The van der Waals surface area contributed by atoms with E-state index in [1.165, 1.54) is 23.3 Å². The molecule has 3 heterocycles. The van der Waals surface area contributed by atoms with Crippen LogP contribution in [0.2, 0.25) is 0 Å². The predicted molar refractivity (Wildman–Crippen MR) is 102 cm³/mol. The van der Waals surface area contributed by atoms with Gasteiger partial charge in [-0.05, 0) is 30.7 Å². The molecule has 1 aromatic carbocycles. The second-order valence-corrected chi connectivity index (χ2v) is 6.80. The average molecular weight is 433 g/mol. The Bertz CT molecular complexity index is 1180. The minimum Gasteiger partial charge on any atom is -0.459 e. The molecule has 0 N–H and O–H groups in total. The smallest absolute Gasteiger partial charge is 0.449 e. The van der Waals surface area contributed by atoms with E-state index in [0.29, 0.717) is 18.7 Å². The van der Waals surface area contributed by atoms with Crippen LogP contribution >= 0.6 is 0 Å². The molecule has 0 fully saturated rings. The number of hydrogen-bond acceptors (Lipinski definition) is 6. The number of carbonyl (C=O) groups excluding carboxylic acids is 1. The summed E-state index contributed by atoms with van der Waals surface area (Å²) in [5.41, 5.74) is 0.405. The van der Waals surface area contributed by atoms with Crippen molar-refractivity contribution in [1.82, 2.24) is 24.6 Å². The summed E-state index contributed by atoms with van der Waals surface area (Å²) >= 11 is 0. The highest BCUT2D eigenvalue weighted by atomic mass is 19.4. The Morgan fingerprint density at radius 2 is 1.97 bits per heavy atom. The molecular formula is C20H18F3N5O3. The van der Waals surface area contributed by atoms with Crippen LogP contribution in [0.15, 0.2) is 51.5 Å². The number of alkyl halides is 3. The van der Waals surface area contributed by atoms with Gasteiger partial charge < -0.3 is 18.3 Å². The molecule has 0 aliphatic heterocycles. The summed E-state index contributed by atoms with van der Waals surface area (Å²) in [6.07, 6.45) is -2.64. The van der Waals surface area contributed by atoms with Crippen molar-refractivity contribution in [1.29, 1.82) is 0 Å². The van der Waals surface area contributed by atoms with Crippen LogP contribution < -0.4 is 0 Å². The van der Waals surface area contributed by atoms with E-state index in [9.17, 15) is 18.0 Å². The summed E-state index contributed by atoms with van der Waals surface area (Å²) in [6.45, 7) is 1.62. The van der Waals surface area contributed by atoms with E-state index in [4.69, 9.17) is 8.83 Å². The monoisotopic (exact) mass is 433 g/mol. The third-order valence-electron chi connectivity index (χ3n) is 4.57. The fourth-order valence-electron chi connectivity index (χ4n) is 3.23. The average Bonchev–Trinajstić information content (AvgIpc) is 3.47. The van der Waals surface area contributed by atoms with Gasteiger partial charge in [-0.25, -0.2) is 4.98 Å². The number of benzene rings is 1. The molecule has 0 bridgehead atoms. The molecule has 11 heteroatoms. The summed E-state index contributed by atoms with van der Waals surface area (Å²) in [4.78, 5) is 18.0. The van der Waals surface area contributed by atoms with Crippen molar-refractivity contribution in [3.8, 4) is 11.7 Å². The lowest BCUT2D eigenvalue weighted by Gasteiger charge is -2.21. The number of halogens is 3. The van der Waals surface area contributed by atoms with Gasteiger partial charge in [-0.2, -0.15) is 13.2 Å². The molecule has 0 unspecified atom stereocenters. The number of imidazole rings is 1. The lowest BCUT2D eigenvalue weighted by Crippen LogP contribution is -2.35. The first-order valence-corrected chi connectivity index (χ1v) is 9.53. The number of furan rings is 1. The van der Waals surface area contributed by atoms with Crippen LogP contribution in [0, 0.1) is 0 Å². The Morgan fingerprint density at radius 1 is 1.16 bits per heavy atom. The van der Waals surface area contributed by atoms with E-state index in [2.05, 4.69) is 15.2 Å².